The fourth-order valence-corrected chi connectivity index (χ4v) is 2.23. The van der Waals surface area contributed by atoms with E-state index in [-0.39, 0.29) is 6.03 Å². The van der Waals surface area contributed by atoms with Crippen molar-refractivity contribution in [1.29, 1.82) is 0 Å². The average molecular weight is 277 g/mol. The molecule has 2 rings (SSSR count). The van der Waals surface area contributed by atoms with Crippen molar-refractivity contribution in [2.75, 3.05) is 10.6 Å². The molecular formula is C13H15N3O2S. The van der Waals surface area contributed by atoms with Crippen LogP contribution in [0.15, 0.2) is 29.6 Å². The lowest BCUT2D eigenvalue weighted by Crippen LogP contribution is -2.19. The number of aryl methyl sites for hydroxylation is 1. The van der Waals surface area contributed by atoms with Gasteiger partial charge in [-0.25, -0.2) is 9.78 Å². The van der Waals surface area contributed by atoms with Crippen molar-refractivity contribution in [3.05, 3.63) is 40.9 Å². The zero-order chi connectivity index (χ0) is 13.8. The smallest absolute Gasteiger partial charge is 0.325 e. The standard InChI is InChI=1S/C13H15N3O2S/c1-8-7-19-13(14-8)16-12(18)15-11-5-3-4-10(6-11)9(2)17/h3-7,9,17H,1-2H3,(H2,14,15,16,18). The maximum atomic E-state index is 11.8. The Bertz CT molecular complexity index is 581. The predicted octanol–water partition coefficient (Wildman–Crippen LogP) is 3.15. The molecule has 0 radical (unpaired) electrons. The van der Waals surface area contributed by atoms with Gasteiger partial charge in [0.1, 0.15) is 0 Å². The van der Waals surface area contributed by atoms with Crippen molar-refractivity contribution < 1.29 is 9.90 Å². The molecule has 0 aliphatic heterocycles. The summed E-state index contributed by atoms with van der Waals surface area (Å²) in [6, 6.07) is 6.73. The molecule has 3 N–H and O–H groups in total. The van der Waals surface area contributed by atoms with E-state index in [1.807, 2.05) is 12.3 Å². The zero-order valence-corrected chi connectivity index (χ0v) is 11.5. The number of hydrogen-bond acceptors (Lipinski definition) is 4. The Hall–Kier alpha value is -1.92. The fourth-order valence-electron chi connectivity index (χ4n) is 1.55. The summed E-state index contributed by atoms with van der Waals surface area (Å²) in [6.45, 7) is 3.54. The number of anilines is 2. The highest BCUT2D eigenvalue weighted by Gasteiger charge is 2.07. The Morgan fingerprint density at radius 2 is 2.21 bits per heavy atom. The second-order valence-electron chi connectivity index (χ2n) is 4.17. The second-order valence-corrected chi connectivity index (χ2v) is 5.03. The van der Waals surface area contributed by atoms with Crippen LogP contribution in [0.1, 0.15) is 24.3 Å². The third kappa shape index (κ3) is 3.77. The number of aromatic nitrogens is 1. The third-order valence-electron chi connectivity index (χ3n) is 2.47. The number of thiazole rings is 1. The first-order valence-electron chi connectivity index (χ1n) is 5.83. The van der Waals surface area contributed by atoms with Crippen LogP contribution in [-0.2, 0) is 0 Å². The molecule has 1 aromatic heterocycles. The molecule has 0 aliphatic carbocycles. The van der Waals surface area contributed by atoms with Crippen LogP contribution in [0.25, 0.3) is 0 Å². The van der Waals surface area contributed by atoms with Gasteiger partial charge in [-0.1, -0.05) is 12.1 Å². The number of nitrogens with zero attached hydrogens (tertiary/aromatic N) is 1. The van der Waals surface area contributed by atoms with E-state index in [1.165, 1.54) is 11.3 Å². The average Bonchev–Trinajstić information content (AvgIpc) is 2.74. The first-order valence-corrected chi connectivity index (χ1v) is 6.71. The van der Waals surface area contributed by atoms with Crippen LogP contribution in [0.5, 0.6) is 0 Å². The lowest BCUT2D eigenvalue weighted by atomic mass is 10.1. The van der Waals surface area contributed by atoms with E-state index in [2.05, 4.69) is 15.6 Å². The maximum absolute atomic E-state index is 11.8. The molecule has 2 amide bonds. The summed E-state index contributed by atoms with van der Waals surface area (Å²) in [4.78, 5) is 15.9. The number of rotatable bonds is 3. The third-order valence-corrected chi connectivity index (χ3v) is 3.34. The topological polar surface area (TPSA) is 74.2 Å². The number of amides is 2. The first kappa shape index (κ1) is 13.5. The molecule has 0 spiro atoms. The van der Waals surface area contributed by atoms with Gasteiger partial charge in [-0.05, 0) is 31.5 Å². The summed E-state index contributed by atoms with van der Waals surface area (Å²) in [6.07, 6.45) is -0.563. The molecular weight excluding hydrogens is 262 g/mol. The van der Waals surface area contributed by atoms with Gasteiger partial charge < -0.3 is 10.4 Å². The Morgan fingerprint density at radius 3 is 2.84 bits per heavy atom. The van der Waals surface area contributed by atoms with Crippen LogP contribution in [-0.4, -0.2) is 16.1 Å². The molecule has 1 unspecified atom stereocenters. The summed E-state index contributed by atoms with van der Waals surface area (Å²) >= 11 is 1.37. The predicted molar refractivity (Wildman–Crippen MR) is 76.6 cm³/mol. The summed E-state index contributed by atoms with van der Waals surface area (Å²) < 4.78 is 0. The van der Waals surface area contributed by atoms with Crippen LogP contribution < -0.4 is 10.6 Å². The summed E-state index contributed by atoms with van der Waals surface area (Å²) in [5, 5.41) is 17.3. The van der Waals surface area contributed by atoms with Gasteiger partial charge in [0.25, 0.3) is 0 Å². The second kappa shape index (κ2) is 5.81. The maximum Gasteiger partial charge on any atom is 0.325 e. The minimum Gasteiger partial charge on any atom is -0.389 e. The Kier molecular flexibility index (Phi) is 4.13. The van der Waals surface area contributed by atoms with Crippen LogP contribution in [0.2, 0.25) is 0 Å². The fraction of sp³-hybridized carbons (Fsp3) is 0.231. The SMILES string of the molecule is Cc1csc(NC(=O)Nc2cccc(C(C)O)c2)n1. The van der Waals surface area contributed by atoms with E-state index in [1.54, 1.807) is 31.2 Å². The van der Waals surface area contributed by atoms with Crippen LogP contribution in [0.4, 0.5) is 15.6 Å². The number of aliphatic hydroxyl groups excluding tert-OH is 1. The number of carbonyl (C=O) groups is 1. The lowest BCUT2D eigenvalue weighted by Gasteiger charge is -2.09. The lowest BCUT2D eigenvalue weighted by molar-refractivity contribution is 0.199. The van der Waals surface area contributed by atoms with E-state index in [0.29, 0.717) is 10.8 Å². The zero-order valence-electron chi connectivity index (χ0n) is 10.7. The Morgan fingerprint density at radius 1 is 1.42 bits per heavy atom. The molecule has 0 saturated carbocycles. The Balaban J connectivity index is 2.00. The van der Waals surface area contributed by atoms with Crippen molar-refractivity contribution in [1.82, 2.24) is 4.98 Å². The molecule has 0 bridgehead atoms. The molecule has 6 heteroatoms. The van der Waals surface area contributed by atoms with Crippen molar-refractivity contribution in [3.63, 3.8) is 0 Å². The van der Waals surface area contributed by atoms with Crippen LogP contribution in [0, 0.1) is 6.92 Å². The van der Waals surface area contributed by atoms with Gasteiger partial charge >= 0.3 is 6.03 Å². The van der Waals surface area contributed by atoms with Gasteiger partial charge in [-0.15, -0.1) is 11.3 Å². The molecule has 1 heterocycles. The molecule has 0 aliphatic rings. The summed E-state index contributed by atoms with van der Waals surface area (Å²) in [5.74, 6) is 0. The van der Waals surface area contributed by atoms with Gasteiger partial charge in [-0.3, -0.25) is 5.32 Å². The van der Waals surface area contributed by atoms with Gasteiger partial charge in [-0.2, -0.15) is 0 Å². The minimum absolute atomic E-state index is 0.350. The number of nitrogens with one attached hydrogen (secondary N) is 2. The number of hydrogen-bond donors (Lipinski definition) is 3. The van der Waals surface area contributed by atoms with Crippen LogP contribution >= 0.6 is 11.3 Å². The molecule has 2 aromatic rings. The number of carbonyl (C=O) groups excluding carboxylic acids is 1. The normalized spacial score (nSPS) is 11.9. The van der Waals surface area contributed by atoms with E-state index in [0.717, 1.165) is 11.3 Å². The first-order chi connectivity index (χ1) is 9.04. The Labute approximate surface area is 115 Å². The van der Waals surface area contributed by atoms with Gasteiger partial charge in [0, 0.05) is 11.1 Å². The van der Waals surface area contributed by atoms with Gasteiger partial charge in [0.05, 0.1) is 11.8 Å². The molecule has 1 aromatic carbocycles. The molecule has 19 heavy (non-hydrogen) atoms. The van der Waals surface area contributed by atoms with Gasteiger partial charge in [0.2, 0.25) is 0 Å². The number of benzene rings is 1. The van der Waals surface area contributed by atoms with E-state index >= 15 is 0 Å². The van der Waals surface area contributed by atoms with Gasteiger partial charge in [0.15, 0.2) is 5.13 Å². The molecule has 1 atom stereocenters. The number of urea groups is 1. The van der Waals surface area contributed by atoms with E-state index in [9.17, 15) is 9.90 Å². The monoisotopic (exact) mass is 277 g/mol. The van der Waals surface area contributed by atoms with Crippen molar-refractivity contribution in [3.8, 4) is 0 Å². The quantitative estimate of drug-likeness (QED) is 0.806. The van der Waals surface area contributed by atoms with E-state index in [4.69, 9.17) is 0 Å². The molecule has 0 fully saturated rings. The van der Waals surface area contributed by atoms with Crippen molar-refractivity contribution in [2.24, 2.45) is 0 Å². The number of aliphatic hydroxyl groups is 1. The van der Waals surface area contributed by atoms with E-state index < -0.39 is 6.10 Å². The highest BCUT2D eigenvalue weighted by atomic mass is 32.1. The highest BCUT2D eigenvalue weighted by molar-refractivity contribution is 7.13. The van der Waals surface area contributed by atoms with Crippen LogP contribution in [0.3, 0.4) is 0 Å². The summed E-state index contributed by atoms with van der Waals surface area (Å²) in [7, 11) is 0. The van der Waals surface area contributed by atoms with Crippen molar-refractivity contribution >= 4 is 28.2 Å². The summed E-state index contributed by atoms with van der Waals surface area (Å²) in [5.41, 5.74) is 2.25. The minimum atomic E-state index is -0.563. The molecule has 0 saturated heterocycles. The largest absolute Gasteiger partial charge is 0.389 e. The highest BCUT2D eigenvalue weighted by Crippen LogP contribution is 2.18. The molecule has 5 nitrogen and oxygen atoms in total. The van der Waals surface area contributed by atoms with Crippen molar-refractivity contribution in [2.45, 2.75) is 20.0 Å². The molecule has 100 valence electrons.